The number of hydrogen-bond donors (Lipinski definition) is 0. The Morgan fingerprint density at radius 2 is 1.48 bits per heavy atom. The lowest BCUT2D eigenvalue weighted by Gasteiger charge is -2.28. The van der Waals surface area contributed by atoms with Gasteiger partial charge in [0.25, 0.3) is 6.67 Å². The highest BCUT2D eigenvalue weighted by molar-refractivity contribution is 8.02. The minimum atomic E-state index is 0.472. The monoisotopic (exact) mass is 422 g/mol. The van der Waals surface area contributed by atoms with E-state index in [4.69, 9.17) is 0 Å². The maximum atomic E-state index is 12.6. The summed E-state index contributed by atoms with van der Waals surface area (Å²) in [6.07, 6.45) is 25.7. The van der Waals surface area contributed by atoms with Gasteiger partial charge in [-0.2, -0.15) is 4.58 Å². The number of nitrogens with zero attached hydrogens (tertiary/aromatic N) is 2. The highest BCUT2D eigenvalue weighted by Crippen LogP contribution is 2.23. The highest BCUT2D eigenvalue weighted by atomic mass is 32.2. The number of rotatable bonds is 17. The zero-order chi connectivity index (χ0) is 20.6. The van der Waals surface area contributed by atoms with Crippen LogP contribution in [0.3, 0.4) is 0 Å². The smallest absolute Gasteiger partial charge is 0.231 e. The summed E-state index contributed by atoms with van der Waals surface area (Å²) in [5, 5.41) is 2.16. The Kier molecular flexibility index (Phi) is 12.9. The Morgan fingerprint density at radius 3 is 1.97 bits per heavy atom. The molecule has 0 radical (unpaired) electrons. The van der Waals surface area contributed by atoms with E-state index < -0.39 is 0 Å². The minimum Gasteiger partial charge on any atom is -0.231 e. The van der Waals surface area contributed by atoms with Crippen molar-refractivity contribution in [2.75, 3.05) is 25.5 Å². The predicted octanol–water partition coefficient (Wildman–Crippen LogP) is 6.86. The van der Waals surface area contributed by atoms with Crippen LogP contribution in [0, 0.1) is 0 Å². The van der Waals surface area contributed by atoms with Crippen molar-refractivity contribution < 1.29 is 13.9 Å². The fourth-order valence-electron chi connectivity index (χ4n) is 4.75. The molecule has 0 aliphatic carbocycles. The maximum Gasteiger partial charge on any atom is 0.319 e. The molecule has 0 bridgehead atoms. The highest BCUT2D eigenvalue weighted by Gasteiger charge is 2.43. The predicted molar refractivity (Wildman–Crippen MR) is 127 cm³/mol. The summed E-state index contributed by atoms with van der Waals surface area (Å²) in [6.45, 7) is 5.23. The van der Waals surface area contributed by atoms with Gasteiger partial charge >= 0.3 is 5.91 Å². The lowest BCUT2D eigenvalue weighted by Crippen LogP contribution is -2.53. The molecule has 0 aromatic carbocycles. The molecule has 4 heteroatoms. The number of quaternary nitrogens is 1. The van der Waals surface area contributed by atoms with Gasteiger partial charge in [-0.15, -0.1) is 11.8 Å². The summed E-state index contributed by atoms with van der Waals surface area (Å²) in [7, 11) is 0. The maximum absolute atomic E-state index is 12.6. The van der Waals surface area contributed by atoms with Crippen molar-refractivity contribution in [3.8, 4) is 0 Å². The Hall–Kier alpha value is -0.610. The number of carbonyl (C=O) groups excluding carboxylic acids is 1. The summed E-state index contributed by atoms with van der Waals surface area (Å²) in [5.41, 5.74) is 0. The van der Waals surface area contributed by atoms with Crippen molar-refractivity contribution >= 4 is 23.9 Å². The number of carbonyl (C=O) groups is 1. The van der Waals surface area contributed by atoms with Crippen molar-refractivity contribution in [2.24, 2.45) is 0 Å². The summed E-state index contributed by atoms with van der Waals surface area (Å²) in [5.74, 6) is 1.50. The van der Waals surface area contributed by atoms with Crippen LogP contribution in [0.1, 0.15) is 110 Å². The van der Waals surface area contributed by atoms with Crippen LogP contribution in [0.4, 0.5) is 0 Å². The van der Waals surface area contributed by atoms with Gasteiger partial charge in [-0.25, -0.2) is 9.28 Å². The molecule has 1 atom stereocenters. The number of thioether (sulfide) groups is 1. The number of likely N-dealkylation sites (tertiary alicyclic amines) is 1. The van der Waals surface area contributed by atoms with Crippen LogP contribution in [0.5, 0.6) is 0 Å². The molecule has 1 unspecified atom stereocenters. The second-order valence-electron chi connectivity index (χ2n) is 9.14. The second kappa shape index (κ2) is 15.2. The van der Waals surface area contributed by atoms with E-state index in [9.17, 15) is 4.79 Å². The van der Waals surface area contributed by atoms with Gasteiger partial charge in [0.1, 0.15) is 0 Å². The van der Waals surface area contributed by atoms with E-state index in [0.717, 1.165) is 38.4 Å². The molecular formula is C25H46N2OS+2. The topological polar surface area (TPSA) is 20.1 Å². The van der Waals surface area contributed by atoms with E-state index in [-0.39, 0.29) is 0 Å². The standard InChI is InChI=1S/C25H46N2OS/c1-2-3-4-5-6-7-8-9-10-11-12-13-14-15-20-27(21-16-17-25(27)28)24-26-18-22-29-23-19-26/h18-19,22H,2-17,20-21,23-24H2,1H3/q+2. The summed E-state index contributed by atoms with van der Waals surface area (Å²) in [4.78, 5) is 12.6. The molecule has 0 aromatic heterocycles. The Balaban J connectivity index is 1.48. The van der Waals surface area contributed by atoms with Gasteiger partial charge in [-0.1, -0.05) is 84.0 Å². The number of unbranched alkanes of at least 4 members (excludes halogenated alkanes) is 13. The van der Waals surface area contributed by atoms with Gasteiger partial charge < -0.3 is 0 Å². The average Bonchev–Trinajstić information content (AvgIpc) is 3.09. The first kappa shape index (κ1) is 24.7. The van der Waals surface area contributed by atoms with Crippen LogP contribution < -0.4 is 0 Å². The summed E-state index contributed by atoms with van der Waals surface area (Å²) >= 11 is 1.83. The van der Waals surface area contributed by atoms with Gasteiger partial charge in [0, 0.05) is 11.8 Å². The lowest BCUT2D eigenvalue weighted by molar-refractivity contribution is -0.920. The molecule has 0 N–H and O–H groups in total. The molecule has 2 aliphatic rings. The van der Waals surface area contributed by atoms with Crippen molar-refractivity contribution in [1.29, 1.82) is 0 Å². The quantitative estimate of drug-likeness (QED) is 0.145. The molecule has 0 saturated carbocycles. The molecule has 2 rings (SSSR count). The van der Waals surface area contributed by atoms with Gasteiger partial charge in [-0.3, -0.25) is 0 Å². The van der Waals surface area contributed by atoms with Crippen LogP contribution in [0.25, 0.3) is 0 Å². The second-order valence-corrected chi connectivity index (χ2v) is 10.1. The largest absolute Gasteiger partial charge is 0.319 e. The Bertz CT molecular complexity index is 517. The minimum absolute atomic E-state index is 0.472. The van der Waals surface area contributed by atoms with Gasteiger partial charge in [-0.05, 0) is 12.8 Å². The molecule has 0 spiro atoms. The van der Waals surface area contributed by atoms with Crippen molar-refractivity contribution in [3.05, 3.63) is 11.6 Å². The summed E-state index contributed by atoms with van der Waals surface area (Å²) < 4.78 is 2.95. The molecule has 2 heterocycles. The molecule has 29 heavy (non-hydrogen) atoms. The zero-order valence-corrected chi connectivity index (χ0v) is 19.9. The third-order valence-corrected chi connectivity index (χ3v) is 7.29. The van der Waals surface area contributed by atoms with E-state index >= 15 is 0 Å². The molecule has 1 amide bonds. The van der Waals surface area contributed by atoms with Gasteiger partial charge in [0.05, 0.1) is 25.3 Å². The number of hydrogen-bond acceptors (Lipinski definition) is 2. The molecule has 2 aliphatic heterocycles. The van der Waals surface area contributed by atoms with Crippen molar-refractivity contribution in [2.45, 2.75) is 110 Å². The van der Waals surface area contributed by atoms with Crippen molar-refractivity contribution in [3.63, 3.8) is 0 Å². The third kappa shape index (κ3) is 9.83. The molecule has 1 fully saturated rings. The fraction of sp³-hybridized carbons (Fsp3) is 0.840. The molecule has 1 saturated heterocycles. The Labute approximate surface area is 184 Å². The molecule has 0 aromatic rings. The van der Waals surface area contributed by atoms with E-state index in [1.54, 1.807) is 0 Å². The fourth-order valence-corrected chi connectivity index (χ4v) is 5.39. The first-order valence-corrected chi connectivity index (χ1v) is 13.6. The molecule has 3 nitrogen and oxygen atoms in total. The van der Waals surface area contributed by atoms with E-state index in [1.165, 1.54) is 89.9 Å². The van der Waals surface area contributed by atoms with E-state index in [2.05, 4.69) is 29.3 Å². The average molecular weight is 423 g/mol. The van der Waals surface area contributed by atoms with Crippen LogP contribution in [-0.2, 0) is 4.79 Å². The SMILES string of the molecule is CCCCCCCCCCCCCCCC[N+]1(C[N+]2=CCSC=C2)CCCC1=O. The molecular weight excluding hydrogens is 376 g/mol. The van der Waals surface area contributed by atoms with Gasteiger partial charge in [0.15, 0.2) is 12.4 Å². The van der Waals surface area contributed by atoms with Crippen LogP contribution in [0.2, 0.25) is 0 Å². The van der Waals surface area contributed by atoms with Crippen molar-refractivity contribution in [1.82, 2.24) is 0 Å². The van der Waals surface area contributed by atoms with Gasteiger partial charge in [0.2, 0.25) is 0 Å². The Morgan fingerprint density at radius 1 is 0.897 bits per heavy atom. The lowest BCUT2D eigenvalue weighted by atomic mass is 10.0. The third-order valence-electron chi connectivity index (χ3n) is 6.63. The zero-order valence-electron chi connectivity index (χ0n) is 19.1. The number of amides is 1. The summed E-state index contributed by atoms with van der Waals surface area (Å²) in [6, 6.07) is 0. The first-order chi connectivity index (χ1) is 14.3. The van der Waals surface area contributed by atoms with Crippen LogP contribution >= 0.6 is 11.8 Å². The van der Waals surface area contributed by atoms with E-state index in [1.807, 2.05) is 11.8 Å². The van der Waals surface area contributed by atoms with Crippen LogP contribution in [-0.4, -0.2) is 46.7 Å². The van der Waals surface area contributed by atoms with Crippen LogP contribution in [0.15, 0.2) is 11.6 Å². The van der Waals surface area contributed by atoms with E-state index in [0.29, 0.717) is 10.4 Å². The first-order valence-electron chi connectivity index (χ1n) is 12.5. The molecule has 166 valence electrons. The normalized spacial score (nSPS) is 21.7.